The number of amides is 1. The third-order valence-corrected chi connectivity index (χ3v) is 4.12. The Kier molecular flexibility index (Phi) is 5.75. The van der Waals surface area contributed by atoms with E-state index in [1.807, 2.05) is 19.2 Å². The molecule has 0 atom stereocenters. The molecule has 0 aromatic carbocycles. The smallest absolute Gasteiger partial charge is 0.272 e. The highest BCUT2D eigenvalue weighted by Crippen LogP contribution is 2.11. The third kappa shape index (κ3) is 4.56. The van der Waals surface area contributed by atoms with Crippen LogP contribution in [0.5, 0.6) is 0 Å². The molecule has 2 rings (SSSR count). The predicted molar refractivity (Wildman–Crippen MR) is 88.0 cm³/mol. The first-order chi connectivity index (χ1) is 10.2. The molecule has 0 radical (unpaired) electrons. The molecule has 2 aromatic rings. The Hall–Kier alpha value is -1.88. The molecule has 0 saturated heterocycles. The standard InChI is InChI=1S/C16H21N3OS/c1-3-9-17-13-6-7-15(18-12-13)16(20)19(2)10-8-14-5-4-11-21-14/h4-7,11-12,17H,3,8-10H2,1-2H3. The quantitative estimate of drug-likeness (QED) is 0.854. The molecule has 2 aromatic heterocycles. The summed E-state index contributed by atoms with van der Waals surface area (Å²) in [6.45, 7) is 3.73. The Morgan fingerprint density at radius 1 is 1.38 bits per heavy atom. The molecule has 0 aliphatic heterocycles. The van der Waals surface area contributed by atoms with Crippen molar-refractivity contribution in [2.75, 3.05) is 25.5 Å². The molecule has 4 nitrogen and oxygen atoms in total. The van der Waals surface area contributed by atoms with E-state index in [2.05, 4.69) is 28.7 Å². The van der Waals surface area contributed by atoms with Crippen molar-refractivity contribution in [1.82, 2.24) is 9.88 Å². The van der Waals surface area contributed by atoms with Gasteiger partial charge in [-0.3, -0.25) is 4.79 Å². The molecule has 0 aliphatic rings. The highest BCUT2D eigenvalue weighted by atomic mass is 32.1. The highest BCUT2D eigenvalue weighted by molar-refractivity contribution is 7.09. The lowest BCUT2D eigenvalue weighted by atomic mass is 10.2. The van der Waals surface area contributed by atoms with Crippen molar-refractivity contribution < 1.29 is 4.79 Å². The maximum atomic E-state index is 12.3. The molecule has 0 fully saturated rings. The fourth-order valence-corrected chi connectivity index (χ4v) is 2.62. The molecule has 21 heavy (non-hydrogen) atoms. The van der Waals surface area contributed by atoms with E-state index in [9.17, 15) is 4.79 Å². The van der Waals surface area contributed by atoms with Crippen molar-refractivity contribution in [3.63, 3.8) is 0 Å². The van der Waals surface area contributed by atoms with E-state index >= 15 is 0 Å². The summed E-state index contributed by atoms with van der Waals surface area (Å²) < 4.78 is 0. The van der Waals surface area contributed by atoms with Gasteiger partial charge in [-0.1, -0.05) is 13.0 Å². The summed E-state index contributed by atoms with van der Waals surface area (Å²) in [6.07, 6.45) is 3.66. The summed E-state index contributed by atoms with van der Waals surface area (Å²) in [6, 6.07) is 7.81. The fraction of sp³-hybridized carbons (Fsp3) is 0.375. The van der Waals surface area contributed by atoms with Gasteiger partial charge in [0.05, 0.1) is 11.9 Å². The zero-order chi connectivity index (χ0) is 15.1. The van der Waals surface area contributed by atoms with Crippen molar-refractivity contribution in [3.05, 3.63) is 46.4 Å². The van der Waals surface area contributed by atoms with Crippen LogP contribution in [-0.4, -0.2) is 35.9 Å². The topological polar surface area (TPSA) is 45.2 Å². The van der Waals surface area contributed by atoms with Crippen LogP contribution < -0.4 is 5.32 Å². The molecular formula is C16H21N3OS. The van der Waals surface area contributed by atoms with Gasteiger partial charge in [0.15, 0.2) is 0 Å². The number of hydrogen-bond donors (Lipinski definition) is 1. The van der Waals surface area contributed by atoms with Gasteiger partial charge in [0.2, 0.25) is 0 Å². The minimum absolute atomic E-state index is 0.0337. The van der Waals surface area contributed by atoms with Crippen LogP contribution in [0.2, 0.25) is 0 Å². The number of rotatable bonds is 7. The van der Waals surface area contributed by atoms with Crippen LogP contribution in [0.1, 0.15) is 28.7 Å². The maximum absolute atomic E-state index is 12.3. The minimum Gasteiger partial charge on any atom is -0.384 e. The van der Waals surface area contributed by atoms with Gasteiger partial charge in [0.25, 0.3) is 5.91 Å². The molecule has 0 unspecified atom stereocenters. The molecule has 1 N–H and O–H groups in total. The Morgan fingerprint density at radius 3 is 2.86 bits per heavy atom. The van der Waals surface area contributed by atoms with E-state index in [1.54, 1.807) is 28.5 Å². The van der Waals surface area contributed by atoms with Crippen LogP contribution in [0.3, 0.4) is 0 Å². The number of carbonyl (C=O) groups excluding carboxylic acids is 1. The Bertz CT molecular complexity index is 551. The van der Waals surface area contributed by atoms with E-state index in [0.29, 0.717) is 12.2 Å². The predicted octanol–water partition coefficient (Wildman–Crippen LogP) is 3.28. The first-order valence-corrected chi connectivity index (χ1v) is 8.06. The van der Waals surface area contributed by atoms with Gasteiger partial charge in [0, 0.05) is 25.0 Å². The van der Waals surface area contributed by atoms with Gasteiger partial charge in [-0.2, -0.15) is 0 Å². The molecule has 2 heterocycles. The molecule has 0 aliphatic carbocycles. The van der Waals surface area contributed by atoms with Gasteiger partial charge < -0.3 is 10.2 Å². The second-order valence-electron chi connectivity index (χ2n) is 4.91. The van der Waals surface area contributed by atoms with Crippen LogP contribution in [0.15, 0.2) is 35.8 Å². The summed E-state index contributed by atoms with van der Waals surface area (Å²) in [5.41, 5.74) is 1.44. The maximum Gasteiger partial charge on any atom is 0.272 e. The van der Waals surface area contributed by atoms with Crippen molar-refractivity contribution in [1.29, 1.82) is 0 Å². The van der Waals surface area contributed by atoms with Crippen LogP contribution in [0.4, 0.5) is 5.69 Å². The van der Waals surface area contributed by atoms with Crippen LogP contribution in [0, 0.1) is 0 Å². The van der Waals surface area contributed by atoms with Gasteiger partial charge in [0.1, 0.15) is 5.69 Å². The number of nitrogens with zero attached hydrogens (tertiary/aromatic N) is 2. The lowest BCUT2D eigenvalue weighted by Crippen LogP contribution is -2.29. The zero-order valence-electron chi connectivity index (χ0n) is 12.5. The van der Waals surface area contributed by atoms with Gasteiger partial charge >= 0.3 is 0 Å². The summed E-state index contributed by atoms with van der Waals surface area (Å²) in [5, 5.41) is 5.30. The molecule has 0 spiro atoms. The average Bonchev–Trinajstić information content (AvgIpc) is 3.04. The van der Waals surface area contributed by atoms with E-state index in [-0.39, 0.29) is 5.91 Å². The van der Waals surface area contributed by atoms with Crippen LogP contribution >= 0.6 is 11.3 Å². The number of anilines is 1. The third-order valence-electron chi connectivity index (χ3n) is 3.18. The number of carbonyl (C=O) groups is 1. The number of thiophene rings is 1. The van der Waals surface area contributed by atoms with Gasteiger partial charge in [-0.15, -0.1) is 11.3 Å². The van der Waals surface area contributed by atoms with Crippen molar-refractivity contribution in [3.8, 4) is 0 Å². The highest BCUT2D eigenvalue weighted by Gasteiger charge is 2.13. The number of pyridine rings is 1. The Labute approximate surface area is 129 Å². The lowest BCUT2D eigenvalue weighted by molar-refractivity contribution is 0.0791. The van der Waals surface area contributed by atoms with Gasteiger partial charge in [-0.05, 0) is 36.4 Å². The molecule has 0 bridgehead atoms. The molecule has 1 amide bonds. The lowest BCUT2D eigenvalue weighted by Gasteiger charge is -2.16. The number of nitrogens with one attached hydrogen (secondary N) is 1. The first kappa shape index (κ1) is 15.5. The summed E-state index contributed by atoms with van der Waals surface area (Å²) in [5.74, 6) is -0.0337. The number of likely N-dealkylation sites (N-methyl/N-ethyl adjacent to an activating group) is 1. The second-order valence-corrected chi connectivity index (χ2v) is 5.95. The van der Waals surface area contributed by atoms with E-state index in [1.165, 1.54) is 4.88 Å². The van der Waals surface area contributed by atoms with E-state index in [4.69, 9.17) is 0 Å². The van der Waals surface area contributed by atoms with Crippen molar-refractivity contribution in [2.45, 2.75) is 19.8 Å². The normalized spacial score (nSPS) is 10.4. The molecule has 5 heteroatoms. The van der Waals surface area contributed by atoms with E-state index in [0.717, 1.165) is 25.1 Å². The van der Waals surface area contributed by atoms with Crippen molar-refractivity contribution >= 4 is 22.9 Å². The minimum atomic E-state index is -0.0337. The second kappa shape index (κ2) is 7.78. The Balaban J connectivity index is 1.89. The number of aromatic nitrogens is 1. The van der Waals surface area contributed by atoms with Crippen molar-refractivity contribution in [2.24, 2.45) is 0 Å². The van der Waals surface area contributed by atoms with Crippen LogP contribution in [-0.2, 0) is 6.42 Å². The Morgan fingerprint density at radius 2 is 2.24 bits per heavy atom. The van der Waals surface area contributed by atoms with Gasteiger partial charge in [-0.25, -0.2) is 4.98 Å². The fourth-order valence-electron chi connectivity index (χ4n) is 1.92. The first-order valence-electron chi connectivity index (χ1n) is 7.18. The SMILES string of the molecule is CCCNc1ccc(C(=O)N(C)CCc2cccs2)nc1. The monoisotopic (exact) mass is 303 g/mol. The summed E-state index contributed by atoms with van der Waals surface area (Å²) >= 11 is 1.72. The molecular weight excluding hydrogens is 282 g/mol. The zero-order valence-corrected chi connectivity index (χ0v) is 13.3. The molecule has 112 valence electrons. The average molecular weight is 303 g/mol. The largest absolute Gasteiger partial charge is 0.384 e. The summed E-state index contributed by atoms with van der Waals surface area (Å²) in [4.78, 5) is 19.5. The van der Waals surface area contributed by atoms with Crippen LogP contribution in [0.25, 0.3) is 0 Å². The molecule has 0 saturated carbocycles. The number of hydrogen-bond acceptors (Lipinski definition) is 4. The summed E-state index contributed by atoms with van der Waals surface area (Å²) in [7, 11) is 1.82. The van der Waals surface area contributed by atoms with E-state index < -0.39 is 0 Å².